The van der Waals surface area contributed by atoms with Crippen molar-refractivity contribution in [2.75, 3.05) is 24.9 Å². The van der Waals surface area contributed by atoms with Crippen molar-refractivity contribution in [3.8, 4) is 11.5 Å². The number of hydrogen-bond donors (Lipinski definition) is 3. The van der Waals surface area contributed by atoms with E-state index in [1.807, 2.05) is 0 Å². The number of methoxy groups -OCH3 is 2. The summed E-state index contributed by atoms with van der Waals surface area (Å²) in [6.07, 6.45) is -0.432. The van der Waals surface area contributed by atoms with E-state index in [2.05, 4.69) is 10.6 Å². The van der Waals surface area contributed by atoms with Crippen LogP contribution in [-0.4, -0.2) is 42.5 Å². The first-order valence-electron chi connectivity index (χ1n) is 12.0. The average Bonchev–Trinajstić information content (AvgIpc) is 2.88. The van der Waals surface area contributed by atoms with Gasteiger partial charge < -0.3 is 25.2 Å². The number of aliphatic hydroxyl groups is 1. The van der Waals surface area contributed by atoms with Gasteiger partial charge in [0.2, 0.25) is 11.8 Å². The number of benzene rings is 3. The summed E-state index contributed by atoms with van der Waals surface area (Å²) < 4.78 is 24.5. The normalized spacial score (nSPS) is 22.9. The lowest BCUT2D eigenvalue weighted by molar-refractivity contribution is -0.150. The van der Waals surface area contributed by atoms with Gasteiger partial charge in [-0.3, -0.25) is 14.4 Å². The van der Waals surface area contributed by atoms with Crippen LogP contribution in [0.3, 0.4) is 0 Å². The summed E-state index contributed by atoms with van der Waals surface area (Å²) in [5, 5.41) is 16.9. The molecule has 0 spiro atoms. The van der Waals surface area contributed by atoms with Crippen LogP contribution >= 0.6 is 0 Å². The molecule has 1 aliphatic carbocycles. The van der Waals surface area contributed by atoms with Gasteiger partial charge >= 0.3 is 0 Å². The van der Waals surface area contributed by atoms with Crippen LogP contribution in [-0.2, 0) is 14.4 Å². The minimum absolute atomic E-state index is 0.345. The monoisotopic (exact) mass is 520 g/mol. The van der Waals surface area contributed by atoms with Crippen LogP contribution in [0.15, 0.2) is 72.8 Å². The number of anilines is 2. The predicted molar refractivity (Wildman–Crippen MR) is 140 cm³/mol. The number of ether oxygens (including phenoxy) is 2. The van der Waals surface area contributed by atoms with E-state index in [1.165, 1.54) is 45.4 Å². The molecule has 38 heavy (non-hydrogen) atoms. The van der Waals surface area contributed by atoms with E-state index in [-0.39, 0.29) is 0 Å². The Balaban J connectivity index is 1.78. The van der Waals surface area contributed by atoms with E-state index in [4.69, 9.17) is 9.47 Å². The van der Waals surface area contributed by atoms with Crippen molar-refractivity contribution in [2.45, 2.75) is 24.9 Å². The van der Waals surface area contributed by atoms with Gasteiger partial charge in [-0.1, -0.05) is 36.4 Å². The number of amides is 2. The minimum atomic E-state index is -1.80. The fourth-order valence-corrected chi connectivity index (χ4v) is 5.09. The SMILES string of the molecule is COc1ccccc1NC(=O)[C@H]1C(=O)C[C@@](C)(O)[C@@H](C(=O)Nc2ccccc2OC)[C@@H]1c1ccc(F)cc1. The maximum atomic E-state index is 13.8. The van der Waals surface area contributed by atoms with Gasteiger partial charge in [-0.05, 0) is 48.9 Å². The van der Waals surface area contributed by atoms with Gasteiger partial charge in [-0.2, -0.15) is 0 Å². The molecule has 0 saturated heterocycles. The lowest BCUT2D eigenvalue weighted by Gasteiger charge is -2.44. The Morgan fingerprint density at radius 3 is 1.89 bits per heavy atom. The maximum absolute atomic E-state index is 13.8. The molecular weight excluding hydrogens is 491 g/mol. The summed E-state index contributed by atoms with van der Waals surface area (Å²) in [6, 6.07) is 18.7. The Bertz CT molecular complexity index is 1340. The minimum Gasteiger partial charge on any atom is -0.495 e. The lowest BCUT2D eigenvalue weighted by atomic mass is 9.61. The third-order valence-corrected chi connectivity index (χ3v) is 6.82. The second-order valence-corrected chi connectivity index (χ2v) is 9.41. The van der Waals surface area contributed by atoms with E-state index in [0.717, 1.165) is 0 Å². The summed E-state index contributed by atoms with van der Waals surface area (Å²) in [7, 11) is 2.91. The molecule has 1 saturated carbocycles. The van der Waals surface area contributed by atoms with Gasteiger partial charge in [0.25, 0.3) is 0 Å². The standard InChI is InChI=1S/C29H29FN2O6/c1-29(36)16-21(33)25(27(34)31-19-8-4-6-10-22(19)37-2)24(17-12-14-18(30)15-13-17)26(29)28(35)32-20-9-5-7-11-23(20)38-3/h4-15,24-26,36H,16H2,1-3H3,(H,31,34)(H,32,35)/t24-,25+,26-,29-/m1/s1. The van der Waals surface area contributed by atoms with Crippen molar-refractivity contribution in [3.05, 3.63) is 84.2 Å². The van der Waals surface area contributed by atoms with Crippen LogP contribution in [0.25, 0.3) is 0 Å². The largest absolute Gasteiger partial charge is 0.495 e. The van der Waals surface area contributed by atoms with Crippen LogP contribution < -0.4 is 20.1 Å². The van der Waals surface area contributed by atoms with Gasteiger partial charge in [0.1, 0.15) is 29.0 Å². The Morgan fingerprint density at radius 2 is 1.37 bits per heavy atom. The summed E-state index contributed by atoms with van der Waals surface area (Å²) >= 11 is 0. The number of halogens is 1. The first kappa shape index (κ1) is 26.8. The lowest BCUT2D eigenvalue weighted by Crippen LogP contribution is -2.56. The van der Waals surface area contributed by atoms with Crippen LogP contribution in [0.2, 0.25) is 0 Å². The van der Waals surface area contributed by atoms with Gasteiger partial charge in [0.15, 0.2) is 0 Å². The molecule has 1 aliphatic rings. The highest BCUT2D eigenvalue weighted by Gasteiger charge is 2.56. The van der Waals surface area contributed by atoms with Crippen molar-refractivity contribution in [1.82, 2.24) is 0 Å². The second kappa shape index (κ2) is 11.0. The van der Waals surface area contributed by atoms with Crippen molar-refractivity contribution in [3.63, 3.8) is 0 Å². The third-order valence-electron chi connectivity index (χ3n) is 6.82. The van der Waals surface area contributed by atoms with E-state index in [1.54, 1.807) is 48.5 Å². The zero-order valence-electron chi connectivity index (χ0n) is 21.2. The number of ketones is 1. The topological polar surface area (TPSA) is 114 Å². The molecule has 0 bridgehead atoms. The maximum Gasteiger partial charge on any atom is 0.235 e. The molecule has 0 radical (unpaired) electrons. The zero-order chi connectivity index (χ0) is 27.4. The predicted octanol–water partition coefficient (Wildman–Crippen LogP) is 4.16. The highest BCUT2D eigenvalue weighted by Crippen LogP contribution is 2.47. The van der Waals surface area contributed by atoms with Crippen LogP contribution in [0.1, 0.15) is 24.8 Å². The molecule has 3 aromatic carbocycles. The van der Waals surface area contributed by atoms with Gasteiger partial charge in [0, 0.05) is 12.3 Å². The molecule has 198 valence electrons. The number of carbonyl (C=O) groups is 3. The molecule has 3 aromatic rings. The second-order valence-electron chi connectivity index (χ2n) is 9.41. The Kier molecular flexibility index (Phi) is 7.78. The Labute approximate surface area is 219 Å². The molecule has 3 N–H and O–H groups in total. The molecule has 0 unspecified atom stereocenters. The number of para-hydroxylation sites is 4. The summed E-state index contributed by atoms with van der Waals surface area (Å²) in [6.45, 7) is 1.39. The van der Waals surface area contributed by atoms with E-state index in [0.29, 0.717) is 28.4 Å². The van der Waals surface area contributed by atoms with Crippen LogP contribution in [0.5, 0.6) is 11.5 Å². The first-order chi connectivity index (χ1) is 18.2. The Morgan fingerprint density at radius 1 is 0.868 bits per heavy atom. The summed E-state index contributed by atoms with van der Waals surface area (Å²) in [5.41, 5.74) is -0.734. The molecule has 0 aromatic heterocycles. The number of nitrogens with one attached hydrogen (secondary N) is 2. The molecule has 0 aliphatic heterocycles. The fraction of sp³-hybridized carbons (Fsp3) is 0.276. The number of carbonyl (C=O) groups excluding carboxylic acids is 3. The van der Waals surface area contributed by atoms with Crippen LogP contribution in [0.4, 0.5) is 15.8 Å². The number of hydrogen-bond acceptors (Lipinski definition) is 6. The number of Topliss-reactive ketones (excluding diaryl/α,β-unsaturated/α-hetero) is 1. The first-order valence-corrected chi connectivity index (χ1v) is 12.0. The molecule has 2 amide bonds. The van der Waals surface area contributed by atoms with Gasteiger partial charge in [-0.25, -0.2) is 4.39 Å². The van der Waals surface area contributed by atoms with Crippen LogP contribution in [0, 0.1) is 17.7 Å². The third kappa shape index (κ3) is 5.38. The zero-order valence-corrected chi connectivity index (χ0v) is 21.2. The molecule has 1 fully saturated rings. The van der Waals surface area contributed by atoms with E-state index in [9.17, 15) is 23.9 Å². The summed E-state index contributed by atoms with van der Waals surface area (Å²) in [5.74, 6) is -5.25. The molecule has 9 heteroatoms. The molecule has 8 nitrogen and oxygen atoms in total. The number of rotatable bonds is 7. The molecule has 0 heterocycles. The molecular formula is C29H29FN2O6. The van der Waals surface area contributed by atoms with E-state index >= 15 is 0 Å². The Hall–Kier alpha value is -4.24. The highest BCUT2D eigenvalue weighted by atomic mass is 19.1. The van der Waals surface area contributed by atoms with E-state index < -0.39 is 53.2 Å². The highest BCUT2D eigenvalue weighted by molar-refractivity contribution is 6.11. The van der Waals surface area contributed by atoms with Gasteiger partial charge in [-0.15, -0.1) is 0 Å². The van der Waals surface area contributed by atoms with Crippen molar-refractivity contribution >= 4 is 29.0 Å². The van der Waals surface area contributed by atoms with Crippen molar-refractivity contribution < 1.29 is 33.4 Å². The van der Waals surface area contributed by atoms with Gasteiger partial charge in [0.05, 0.1) is 37.1 Å². The van der Waals surface area contributed by atoms with Crippen molar-refractivity contribution in [1.29, 1.82) is 0 Å². The molecule has 4 rings (SSSR count). The van der Waals surface area contributed by atoms with Crippen molar-refractivity contribution in [2.24, 2.45) is 11.8 Å². The molecule has 4 atom stereocenters. The average molecular weight is 521 g/mol. The fourth-order valence-electron chi connectivity index (χ4n) is 5.09. The summed E-state index contributed by atoms with van der Waals surface area (Å²) in [4.78, 5) is 40.8. The quantitative estimate of drug-likeness (QED) is 0.403. The smallest absolute Gasteiger partial charge is 0.235 e.